The molecule has 1 aromatic carbocycles. The zero-order valence-electron chi connectivity index (χ0n) is 14.8. The molecule has 0 atom stereocenters. The summed E-state index contributed by atoms with van der Waals surface area (Å²) >= 11 is 0. The summed E-state index contributed by atoms with van der Waals surface area (Å²) < 4.78 is 11.1. The maximum atomic E-state index is 5.56. The molecule has 1 aliphatic heterocycles. The lowest BCUT2D eigenvalue weighted by molar-refractivity contribution is 0.173. The summed E-state index contributed by atoms with van der Waals surface area (Å²) in [5.41, 5.74) is 3.07. The third kappa shape index (κ3) is 3.62. The molecule has 124 valence electrons. The van der Waals surface area contributed by atoms with Crippen LogP contribution in [0.25, 0.3) is 11.3 Å². The van der Waals surface area contributed by atoms with Gasteiger partial charge in [0.25, 0.3) is 0 Å². The normalized spacial score (nSPS) is 11.5. The van der Waals surface area contributed by atoms with Gasteiger partial charge in [-0.25, -0.2) is 4.98 Å². The molecule has 0 saturated heterocycles. The number of benzene rings is 1. The number of H-pyrrole nitrogens is 1. The van der Waals surface area contributed by atoms with Gasteiger partial charge in [0.15, 0.2) is 11.5 Å². The van der Waals surface area contributed by atoms with Crippen molar-refractivity contribution in [2.75, 3.05) is 6.79 Å². The topological polar surface area (TPSA) is 47.1 Å². The summed E-state index contributed by atoms with van der Waals surface area (Å²) in [6.07, 6.45) is 1.85. The maximum Gasteiger partial charge on any atom is 0.231 e. The van der Waals surface area contributed by atoms with Gasteiger partial charge in [-0.05, 0) is 18.6 Å². The lowest BCUT2D eigenvalue weighted by Crippen LogP contribution is -1.94. The fourth-order valence-electron chi connectivity index (χ4n) is 2.11. The molecule has 0 saturated carbocycles. The van der Waals surface area contributed by atoms with Gasteiger partial charge in [0.1, 0.15) is 5.82 Å². The molecule has 1 aliphatic rings. The third-order valence-electron chi connectivity index (χ3n) is 3.15. The highest BCUT2D eigenvalue weighted by Crippen LogP contribution is 2.43. The first-order chi connectivity index (χ1) is 10.7. The third-order valence-corrected chi connectivity index (χ3v) is 3.15. The SMILES string of the molecule is CC.CC.Cc1ccc(-c2cnc(C(C)C)[nH]2)c2c1OCO2.[HH]. The summed E-state index contributed by atoms with van der Waals surface area (Å²) in [6.45, 7) is 14.5. The molecule has 0 bridgehead atoms. The van der Waals surface area contributed by atoms with E-state index in [2.05, 4.69) is 23.8 Å². The lowest BCUT2D eigenvalue weighted by Gasteiger charge is -2.06. The van der Waals surface area contributed by atoms with Crippen molar-refractivity contribution in [2.45, 2.75) is 54.4 Å². The number of aryl methyl sites for hydroxylation is 1. The van der Waals surface area contributed by atoms with Crippen LogP contribution in [0, 0.1) is 6.92 Å². The first-order valence-corrected chi connectivity index (χ1v) is 8.11. The highest BCUT2D eigenvalue weighted by molar-refractivity contribution is 5.73. The predicted molar refractivity (Wildman–Crippen MR) is 93.8 cm³/mol. The van der Waals surface area contributed by atoms with Crippen molar-refractivity contribution < 1.29 is 10.9 Å². The summed E-state index contributed by atoms with van der Waals surface area (Å²) in [5, 5.41) is 0. The van der Waals surface area contributed by atoms with E-state index in [1.807, 2.05) is 52.9 Å². The van der Waals surface area contributed by atoms with E-state index in [1.54, 1.807) is 0 Å². The molecule has 0 radical (unpaired) electrons. The minimum atomic E-state index is 0. The quantitative estimate of drug-likeness (QED) is 0.793. The van der Waals surface area contributed by atoms with Crippen LogP contribution in [-0.2, 0) is 0 Å². The van der Waals surface area contributed by atoms with Crippen molar-refractivity contribution >= 4 is 0 Å². The zero-order chi connectivity index (χ0) is 16.7. The van der Waals surface area contributed by atoms with Crippen LogP contribution >= 0.6 is 0 Å². The van der Waals surface area contributed by atoms with Crippen LogP contribution in [0.2, 0.25) is 0 Å². The molecule has 1 aromatic heterocycles. The molecule has 1 N–H and O–H groups in total. The Morgan fingerprint density at radius 2 is 1.73 bits per heavy atom. The van der Waals surface area contributed by atoms with Gasteiger partial charge in [0, 0.05) is 12.9 Å². The van der Waals surface area contributed by atoms with Crippen molar-refractivity contribution in [1.29, 1.82) is 0 Å². The maximum absolute atomic E-state index is 5.56. The van der Waals surface area contributed by atoms with E-state index >= 15 is 0 Å². The number of rotatable bonds is 2. The van der Waals surface area contributed by atoms with Crippen molar-refractivity contribution in [3.63, 3.8) is 0 Å². The monoisotopic (exact) mass is 306 g/mol. The molecular weight excluding hydrogens is 276 g/mol. The van der Waals surface area contributed by atoms with Gasteiger partial charge in [-0.3, -0.25) is 0 Å². The van der Waals surface area contributed by atoms with E-state index in [1.165, 1.54) is 0 Å². The number of hydrogen-bond acceptors (Lipinski definition) is 3. The molecule has 0 unspecified atom stereocenters. The number of fused-ring (bicyclic) bond motifs is 1. The van der Waals surface area contributed by atoms with Crippen LogP contribution in [0.5, 0.6) is 11.5 Å². The highest BCUT2D eigenvalue weighted by atomic mass is 16.7. The van der Waals surface area contributed by atoms with Crippen LogP contribution in [-0.4, -0.2) is 16.8 Å². The average molecular weight is 306 g/mol. The molecule has 2 aromatic rings. The minimum absolute atomic E-state index is 0. The van der Waals surface area contributed by atoms with E-state index in [4.69, 9.17) is 9.47 Å². The first kappa shape index (κ1) is 18.1. The van der Waals surface area contributed by atoms with Crippen molar-refractivity contribution in [3.05, 3.63) is 29.7 Å². The van der Waals surface area contributed by atoms with Crippen LogP contribution in [0.15, 0.2) is 18.3 Å². The molecule has 3 rings (SSSR count). The number of aromatic amines is 1. The Balaban J connectivity index is 0.000000901. The Morgan fingerprint density at radius 1 is 1.09 bits per heavy atom. The summed E-state index contributed by atoms with van der Waals surface area (Å²) in [5.74, 6) is 3.02. The second-order valence-corrected chi connectivity index (χ2v) is 4.83. The molecular formula is C18H30N2O2. The Bertz CT molecular complexity index is 595. The standard InChI is InChI=1S/C14H16N2O2.2C2H6.H2/c1-8(2)14-15-6-11(16-14)10-5-4-9(3)12-13(10)18-7-17-12;2*1-2;/h4-6,8H,7H2,1-3H3,(H,15,16);2*1-2H3;1H. The molecule has 22 heavy (non-hydrogen) atoms. The van der Waals surface area contributed by atoms with Crippen LogP contribution < -0.4 is 9.47 Å². The number of nitrogens with zero attached hydrogens (tertiary/aromatic N) is 1. The second kappa shape index (κ2) is 8.47. The van der Waals surface area contributed by atoms with E-state index in [0.717, 1.165) is 34.1 Å². The number of imidazole rings is 1. The Hall–Kier alpha value is -1.97. The fourth-order valence-corrected chi connectivity index (χ4v) is 2.11. The molecule has 4 nitrogen and oxygen atoms in total. The predicted octanol–water partition coefficient (Wildman–Crippen LogP) is 5.54. The number of aromatic nitrogens is 2. The highest BCUT2D eigenvalue weighted by Gasteiger charge is 2.22. The lowest BCUT2D eigenvalue weighted by atomic mass is 10.1. The minimum Gasteiger partial charge on any atom is -0.453 e. The average Bonchev–Trinajstić information content (AvgIpc) is 3.21. The van der Waals surface area contributed by atoms with Crippen molar-refractivity contribution in [3.8, 4) is 22.8 Å². The van der Waals surface area contributed by atoms with Gasteiger partial charge in [-0.1, -0.05) is 47.6 Å². The summed E-state index contributed by atoms with van der Waals surface area (Å²) in [6, 6.07) is 4.08. The molecule has 0 spiro atoms. The molecule has 0 fully saturated rings. The molecule has 0 amide bonds. The first-order valence-electron chi connectivity index (χ1n) is 8.11. The largest absolute Gasteiger partial charge is 0.453 e. The van der Waals surface area contributed by atoms with Crippen LogP contribution in [0.1, 0.15) is 60.3 Å². The fraction of sp³-hybridized carbons (Fsp3) is 0.500. The van der Waals surface area contributed by atoms with Gasteiger partial charge >= 0.3 is 0 Å². The van der Waals surface area contributed by atoms with E-state index in [0.29, 0.717) is 12.7 Å². The smallest absolute Gasteiger partial charge is 0.231 e. The van der Waals surface area contributed by atoms with Gasteiger partial charge in [-0.15, -0.1) is 0 Å². The van der Waals surface area contributed by atoms with Gasteiger partial charge in [0.2, 0.25) is 6.79 Å². The Labute approximate surface area is 135 Å². The van der Waals surface area contributed by atoms with E-state index in [9.17, 15) is 0 Å². The molecule has 4 heteroatoms. The number of hydrogen-bond donors (Lipinski definition) is 1. The number of ether oxygens (including phenoxy) is 2. The van der Waals surface area contributed by atoms with E-state index < -0.39 is 0 Å². The second-order valence-electron chi connectivity index (χ2n) is 4.83. The summed E-state index contributed by atoms with van der Waals surface area (Å²) in [7, 11) is 0. The van der Waals surface area contributed by atoms with Crippen molar-refractivity contribution in [2.24, 2.45) is 0 Å². The van der Waals surface area contributed by atoms with E-state index in [-0.39, 0.29) is 1.43 Å². The summed E-state index contributed by atoms with van der Waals surface area (Å²) in [4.78, 5) is 7.72. The molecule has 2 heterocycles. The van der Waals surface area contributed by atoms with Gasteiger partial charge in [0.05, 0.1) is 11.9 Å². The van der Waals surface area contributed by atoms with Crippen LogP contribution in [0.3, 0.4) is 0 Å². The van der Waals surface area contributed by atoms with Gasteiger partial charge in [-0.2, -0.15) is 0 Å². The Morgan fingerprint density at radius 3 is 2.32 bits per heavy atom. The van der Waals surface area contributed by atoms with Crippen LogP contribution in [0.4, 0.5) is 0 Å². The zero-order valence-corrected chi connectivity index (χ0v) is 14.8. The molecule has 0 aliphatic carbocycles. The van der Waals surface area contributed by atoms with Crippen molar-refractivity contribution in [1.82, 2.24) is 9.97 Å². The number of nitrogens with one attached hydrogen (secondary N) is 1. The Kier molecular flexibility index (Phi) is 6.96. The van der Waals surface area contributed by atoms with Gasteiger partial charge < -0.3 is 14.5 Å².